The van der Waals surface area contributed by atoms with Crippen LogP contribution in [0.4, 0.5) is 4.79 Å². The molecule has 2 N–H and O–H groups in total. The van der Waals surface area contributed by atoms with Gasteiger partial charge < -0.3 is 19.2 Å². The minimum absolute atomic E-state index is 0.0714. The van der Waals surface area contributed by atoms with Gasteiger partial charge in [0.1, 0.15) is 5.76 Å². The summed E-state index contributed by atoms with van der Waals surface area (Å²) in [6.45, 7) is 2.77. The second kappa shape index (κ2) is 9.63. The molecule has 0 aliphatic rings. The third-order valence-corrected chi connectivity index (χ3v) is 3.95. The lowest BCUT2D eigenvalue weighted by Crippen LogP contribution is -2.43. The first kappa shape index (κ1) is 20.3. The Balaban J connectivity index is 1.84. The van der Waals surface area contributed by atoms with Crippen LogP contribution in [-0.4, -0.2) is 44.7 Å². The monoisotopic (exact) mass is 375 g/mol. The van der Waals surface area contributed by atoms with Crippen molar-refractivity contribution in [1.82, 2.24) is 15.5 Å². The van der Waals surface area contributed by atoms with Gasteiger partial charge in [0.05, 0.1) is 33.6 Å². The standard InChI is InChI=1S/C19H25N3O5/c1-13-8-16(25-3)17(26-4)9-14(13)11-22(2)12-18(23)21-19(24)20-10-15-6-5-7-27-15/h5-9H,10-12H2,1-4H3,(H2,20,21,23,24). The van der Waals surface area contributed by atoms with Crippen LogP contribution in [0.15, 0.2) is 34.9 Å². The number of nitrogens with one attached hydrogen (secondary N) is 2. The number of hydrogen-bond acceptors (Lipinski definition) is 6. The van der Waals surface area contributed by atoms with Gasteiger partial charge in [-0.05, 0) is 49.4 Å². The Labute approximate surface area is 158 Å². The average Bonchev–Trinajstić information content (AvgIpc) is 3.14. The molecule has 8 nitrogen and oxygen atoms in total. The first-order chi connectivity index (χ1) is 12.9. The third-order valence-electron chi connectivity index (χ3n) is 3.95. The fourth-order valence-electron chi connectivity index (χ4n) is 2.58. The Morgan fingerprint density at radius 2 is 1.89 bits per heavy atom. The molecule has 0 spiro atoms. The summed E-state index contributed by atoms with van der Waals surface area (Å²) in [5.74, 6) is 1.51. The number of furan rings is 1. The number of ether oxygens (including phenoxy) is 2. The van der Waals surface area contributed by atoms with Crippen molar-refractivity contribution in [3.05, 3.63) is 47.4 Å². The second-order valence-electron chi connectivity index (χ2n) is 6.12. The number of carbonyl (C=O) groups excluding carboxylic acids is 2. The van der Waals surface area contributed by atoms with Gasteiger partial charge in [-0.2, -0.15) is 0 Å². The van der Waals surface area contributed by atoms with Crippen LogP contribution < -0.4 is 20.1 Å². The molecule has 0 fully saturated rings. The number of nitrogens with zero attached hydrogens (tertiary/aromatic N) is 1. The van der Waals surface area contributed by atoms with Gasteiger partial charge in [-0.1, -0.05) is 0 Å². The largest absolute Gasteiger partial charge is 0.493 e. The quantitative estimate of drug-likeness (QED) is 0.734. The number of methoxy groups -OCH3 is 2. The number of imide groups is 1. The summed E-state index contributed by atoms with van der Waals surface area (Å²) in [5, 5.41) is 4.86. The second-order valence-corrected chi connectivity index (χ2v) is 6.12. The van der Waals surface area contributed by atoms with E-state index in [1.807, 2.05) is 24.0 Å². The highest BCUT2D eigenvalue weighted by molar-refractivity contribution is 5.95. The van der Waals surface area contributed by atoms with Gasteiger partial charge in [0.15, 0.2) is 11.5 Å². The van der Waals surface area contributed by atoms with Crippen molar-refractivity contribution in [3.63, 3.8) is 0 Å². The average molecular weight is 375 g/mol. The number of urea groups is 1. The lowest BCUT2D eigenvalue weighted by molar-refractivity contribution is -0.121. The SMILES string of the molecule is COc1cc(C)c(CN(C)CC(=O)NC(=O)NCc2ccco2)cc1OC. The smallest absolute Gasteiger partial charge is 0.321 e. The molecule has 3 amide bonds. The van der Waals surface area contributed by atoms with Gasteiger partial charge >= 0.3 is 6.03 Å². The molecule has 0 atom stereocenters. The minimum Gasteiger partial charge on any atom is -0.493 e. The molecule has 2 rings (SSSR count). The van der Waals surface area contributed by atoms with Crippen molar-refractivity contribution in [2.45, 2.75) is 20.0 Å². The van der Waals surface area contributed by atoms with Gasteiger partial charge in [0, 0.05) is 6.54 Å². The number of rotatable bonds is 8. The lowest BCUT2D eigenvalue weighted by Gasteiger charge is -2.19. The van der Waals surface area contributed by atoms with Crippen LogP contribution in [-0.2, 0) is 17.9 Å². The first-order valence-corrected chi connectivity index (χ1v) is 8.43. The number of amides is 3. The van der Waals surface area contributed by atoms with E-state index in [2.05, 4.69) is 10.6 Å². The molecule has 0 saturated carbocycles. The summed E-state index contributed by atoms with van der Waals surface area (Å²) in [5.41, 5.74) is 2.03. The highest BCUT2D eigenvalue weighted by Gasteiger charge is 2.14. The van der Waals surface area contributed by atoms with Crippen LogP contribution in [0.2, 0.25) is 0 Å². The molecule has 0 aliphatic heterocycles. The van der Waals surface area contributed by atoms with E-state index in [1.54, 1.807) is 33.4 Å². The maximum atomic E-state index is 12.0. The molecular formula is C19H25N3O5. The van der Waals surface area contributed by atoms with Crippen LogP contribution in [0.3, 0.4) is 0 Å². The van der Waals surface area contributed by atoms with E-state index in [4.69, 9.17) is 13.9 Å². The van der Waals surface area contributed by atoms with Gasteiger partial charge in [-0.25, -0.2) is 4.79 Å². The van der Waals surface area contributed by atoms with E-state index in [9.17, 15) is 9.59 Å². The van der Waals surface area contributed by atoms with Crippen LogP contribution >= 0.6 is 0 Å². The molecule has 0 bridgehead atoms. The normalized spacial score (nSPS) is 10.6. The predicted molar refractivity (Wildman–Crippen MR) is 99.7 cm³/mol. The van der Waals surface area contributed by atoms with Gasteiger partial charge in [0.2, 0.25) is 5.91 Å². The maximum absolute atomic E-state index is 12.0. The maximum Gasteiger partial charge on any atom is 0.321 e. The Hall–Kier alpha value is -3.00. The Bertz CT molecular complexity index is 774. The van der Waals surface area contributed by atoms with E-state index in [0.29, 0.717) is 23.8 Å². The molecule has 1 heterocycles. The number of carbonyl (C=O) groups is 2. The van der Waals surface area contributed by atoms with E-state index in [-0.39, 0.29) is 13.1 Å². The van der Waals surface area contributed by atoms with Crippen LogP contribution in [0, 0.1) is 6.92 Å². The summed E-state index contributed by atoms with van der Waals surface area (Å²) in [6, 6.07) is 6.68. The number of hydrogen-bond donors (Lipinski definition) is 2. The molecule has 27 heavy (non-hydrogen) atoms. The van der Waals surface area contributed by atoms with Gasteiger partial charge in [0.25, 0.3) is 0 Å². The molecule has 0 unspecified atom stereocenters. The van der Waals surface area contributed by atoms with Crippen molar-refractivity contribution in [3.8, 4) is 11.5 Å². The summed E-state index contributed by atoms with van der Waals surface area (Å²) >= 11 is 0. The molecule has 8 heteroatoms. The Morgan fingerprint density at radius 1 is 1.19 bits per heavy atom. The van der Waals surface area contributed by atoms with Gasteiger partial charge in [-0.3, -0.25) is 15.0 Å². The first-order valence-electron chi connectivity index (χ1n) is 8.43. The number of likely N-dealkylation sites (N-methyl/N-ethyl adjacent to an activating group) is 1. The van der Waals surface area contributed by atoms with Crippen molar-refractivity contribution in [2.75, 3.05) is 27.8 Å². The van der Waals surface area contributed by atoms with E-state index in [0.717, 1.165) is 11.1 Å². The van der Waals surface area contributed by atoms with Crippen LogP contribution in [0.1, 0.15) is 16.9 Å². The summed E-state index contributed by atoms with van der Waals surface area (Å²) in [7, 11) is 4.97. The number of benzene rings is 1. The zero-order valence-corrected chi connectivity index (χ0v) is 16.0. The summed E-state index contributed by atoms with van der Waals surface area (Å²) in [6.07, 6.45) is 1.52. The van der Waals surface area contributed by atoms with Crippen molar-refractivity contribution in [2.24, 2.45) is 0 Å². The third kappa shape index (κ3) is 6.03. The zero-order valence-electron chi connectivity index (χ0n) is 16.0. The predicted octanol–water partition coefficient (Wildman–Crippen LogP) is 2.06. The minimum atomic E-state index is -0.563. The zero-order chi connectivity index (χ0) is 19.8. The van der Waals surface area contributed by atoms with Crippen molar-refractivity contribution >= 4 is 11.9 Å². The van der Waals surface area contributed by atoms with E-state index >= 15 is 0 Å². The highest BCUT2D eigenvalue weighted by atomic mass is 16.5. The van der Waals surface area contributed by atoms with E-state index < -0.39 is 11.9 Å². The number of aryl methyl sites for hydroxylation is 1. The molecule has 1 aromatic heterocycles. The molecule has 0 saturated heterocycles. The Kier molecular flexibility index (Phi) is 7.25. The Morgan fingerprint density at radius 3 is 2.52 bits per heavy atom. The van der Waals surface area contributed by atoms with Crippen molar-refractivity contribution < 1.29 is 23.5 Å². The van der Waals surface area contributed by atoms with Crippen LogP contribution in [0.25, 0.3) is 0 Å². The molecule has 146 valence electrons. The van der Waals surface area contributed by atoms with Crippen LogP contribution in [0.5, 0.6) is 11.5 Å². The van der Waals surface area contributed by atoms with E-state index in [1.165, 1.54) is 6.26 Å². The fourth-order valence-corrected chi connectivity index (χ4v) is 2.58. The molecule has 2 aromatic rings. The molecular weight excluding hydrogens is 350 g/mol. The lowest BCUT2D eigenvalue weighted by atomic mass is 10.1. The highest BCUT2D eigenvalue weighted by Crippen LogP contribution is 2.30. The summed E-state index contributed by atoms with van der Waals surface area (Å²) < 4.78 is 15.7. The fraction of sp³-hybridized carbons (Fsp3) is 0.368. The molecule has 0 aliphatic carbocycles. The van der Waals surface area contributed by atoms with Crippen molar-refractivity contribution in [1.29, 1.82) is 0 Å². The van der Waals surface area contributed by atoms with Gasteiger partial charge in [-0.15, -0.1) is 0 Å². The summed E-state index contributed by atoms with van der Waals surface area (Å²) in [4.78, 5) is 25.6. The molecule has 1 aromatic carbocycles. The molecule has 0 radical (unpaired) electrons. The topological polar surface area (TPSA) is 93.0 Å².